The van der Waals surface area contributed by atoms with E-state index in [2.05, 4.69) is 10.1 Å². The van der Waals surface area contributed by atoms with Crippen LogP contribution in [-0.2, 0) is 10.9 Å². The molecule has 2 rings (SSSR count). The Morgan fingerprint density at radius 2 is 1.75 bits per heavy atom. The number of nitrogens with one attached hydrogen (secondary N) is 1. The molecule has 0 bridgehead atoms. The molecule has 4 nitrogen and oxygen atoms in total. The van der Waals surface area contributed by atoms with Crippen LogP contribution in [0.15, 0.2) is 42.5 Å². The second-order valence-electron chi connectivity index (χ2n) is 5.02. The van der Waals surface area contributed by atoms with Gasteiger partial charge in [0.25, 0.3) is 5.91 Å². The lowest BCUT2D eigenvalue weighted by molar-refractivity contribution is -0.137. The summed E-state index contributed by atoms with van der Waals surface area (Å²) in [5.41, 5.74) is -0.500. The third-order valence-electron chi connectivity index (χ3n) is 3.38. The van der Waals surface area contributed by atoms with Crippen LogP contribution in [-0.4, -0.2) is 19.0 Å². The Morgan fingerprint density at radius 1 is 1.08 bits per heavy atom. The summed E-state index contributed by atoms with van der Waals surface area (Å²) in [6.45, 7) is 1.66. The Morgan fingerprint density at radius 3 is 2.38 bits per heavy atom. The number of methoxy groups -OCH3 is 1. The van der Waals surface area contributed by atoms with Crippen LogP contribution in [0, 0.1) is 6.92 Å². The first kappa shape index (κ1) is 17.5. The molecule has 0 spiro atoms. The Bertz CT molecular complexity index is 785. The molecule has 1 N–H and O–H groups in total. The fraction of sp³-hybridized carbons (Fsp3) is 0.176. The fourth-order valence-corrected chi connectivity index (χ4v) is 2.12. The van der Waals surface area contributed by atoms with E-state index in [4.69, 9.17) is 0 Å². The van der Waals surface area contributed by atoms with E-state index in [1.54, 1.807) is 13.0 Å². The number of ether oxygens (including phenoxy) is 1. The van der Waals surface area contributed by atoms with Crippen LogP contribution in [0.5, 0.6) is 0 Å². The first-order chi connectivity index (χ1) is 11.2. The largest absolute Gasteiger partial charge is 0.465 e. The second kappa shape index (κ2) is 6.74. The Kier molecular flexibility index (Phi) is 4.92. The monoisotopic (exact) mass is 337 g/mol. The Labute approximate surface area is 136 Å². The van der Waals surface area contributed by atoms with Gasteiger partial charge in [-0.25, -0.2) is 4.79 Å². The first-order valence-corrected chi connectivity index (χ1v) is 6.90. The zero-order valence-corrected chi connectivity index (χ0v) is 12.9. The number of alkyl halides is 3. The number of anilines is 1. The minimum absolute atomic E-state index is 0.183. The second-order valence-corrected chi connectivity index (χ2v) is 5.02. The van der Waals surface area contributed by atoms with Crippen molar-refractivity contribution in [3.63, 3.8) is 0 Å². The molecule has 24 heavy (non-hydrogen) atoms. The van der Waals surface area contributed by atoms with Crippen molar-refractivity contribution >= 4 is 17.6 Å². The predicted molar refractivity (Wildman–Crippen MR) is 81.9 cm³/mol. The highest BCUT2D eigenvalue weighted by Gasteiger charge is 2.34. The van der Waals surface area contributed by atoms with E-state index in [0.717, 1.165) is 12.1 Å². The van der Waals surface area contributed by atoms with E-state index in [0.29, 0.717) is 5.56 Å². The van der Waals surface area contributed by atoms with Gasteiger partial charge in [-0.15, -0.1) is 0 Å². The van der Waals surface area contributed by atoms with Crippen molar-refractivity contribution < 1.29 is 27.5 Å². The minimum atomic E-state index is -4.64. The van der Waals surface area contributed by atoms with E-state index in [9.17, 15) is 22.8 Å². The molecule has 0 aliphatic heterocycles. The molecule has 1 amide bonds. The summed E-state index contributed by atoms with van der Waals surface area (Å²) >= 11 is 0. The molecule has 0 fully saturated rings. The van der Waals surface area contributed by atoms with Crippen molar-refractivity contribution in [1.82, 2.24) is 0 Å². The zero-order chi connectivity index (χ0) is 17.9. The summed E-state index contributed by atoms with van der Waals surface area (Å²) in [6, 6.07) is 8.92. The van der Waals surface area contributed by atoms with Gasteiger partial charge >= 0.3 is 12.1 Å². The number of esters is 1. The van der Waals surface area contributed by atoms with Gasteiger partial charge in [0.2, 0.25) is 0 Å². The maximum atomic E-state index is 13.0. The summed E-state index contributed by atoms with van der Waals surface area (Å²) in [4.78, 5) is 23.8. The van der Waals surface area contributed by atoms with Crippen LogP contribution < -0.4 is 5.32 Å². The smallest absolute Gasteiger partial charge is 0.417 e. The third-order valence-corrected chi connectivity index (χ3v) is 3.38. The average Bonchev–Trinajstić information content (AvgIpc) is 2.55. The van der Waals surface area contributed by atoms with Crippen LogP contribution in [0.3, 0.4) is 0 Å². The predicted octanol–water partition coefficient (Wildman–Crippen LogP) is 4.05. The number of halogens is 3. The van der Waals surface area contributed by atoms with Crippen molar-refractivity contribution in [1.29, 1.82) is 0 Å². The van der Waals surface area contributed by atoms with Crippen molar-refractivity contribution in [2.45, 2.75) is 13.1 Å². The molecular weight excluding hydrogens is 323 g/mol. The molecule has 0 aromatic heterocycles. The molecule has 0 heterocycles. The van der Waals surface area contributed by atoms with Crippen LogP contribution in [0.2, 0.25) is 0 Å². The van der Waals surface area contributed by atoms with Crippen LogP contribution in [0.1, 0.15) is 31.8 Å². The van der Waals surface area contributed by atoms with Gasteiger partial charge in [-0.1, -0.05) is 18.2 Å². The van der Waals surface area contributed by atoms with Crippen molar-refractivity contribution in [2.24, 2.45) is 0 Å². The molecule has 7 heteroatoms. The van der Waals surface area contributed by atoms with Crippen molar-refractivity contribution in [3.05, 3.63) is 64.7 Å². The first-order valence-electron chi connectivity index (χ1n) is 6.90. The number of hydrogen-bond acceptors (Lipinski definition) is 3. The third kappa shape index (κ3) is 3.73. The highest BCUT2D eigenvalue weighted by molar-refractivity contribution is 6.06. The summed E-state index contributed by atoms with van der Waals surface area (Å²) in [6.07, 6.45) is -4.64. The number of carbonyl (C=O) groups excluding carboxylic acids is 2. The number of aryl methyl sites for hydroxylation is 1. The molecule has 0 saturated carbocycles. The van der Waals surface area contributed by atoms with Gasteiger partial charge in [0.1, 0.15) is 0 Å². The summed E-state index contributed by atoms with van der Waals surface area (Å²) in [7, 11) is 1.21. The van der Waals surface area contributed by atoms with Gasteiger partial charge < -0.3 is 10.1 Å². The maximum absolute atomic E-state index is 13.0. The molecule has 0 unspecified atom stereocenters. The normalized spacial score (nSPS) is 11.0. The van der Waals surface area contributed by atoms with Gasteiger partial charge in [-0.3, -0.25) is 4.79 Å². The number of benzene rings is 2. The molecular formula is C17H14F3NO3. The highest BCUT2D eigenvalue weighted by Crippen LogP contribution is 2.32. The van der Waals surface area contributed by atoms with E-state index >= 15 is 0 Å². The van der Waals surface area contributed by atoms with Crippen molar-refractivity contribution in [3.8, 4) is 0 Å². The van der Waals surface area contributed by atoms with Gasteiger partial charge in [-0.2, -0.15) is 13.2 Å². The topological polar surface area (TPSA) is 55.4 Å². The Balaban J connectivity index is 2.36. The van der Waals surface area contributed by atoms with E-state index in [1.165, 1.54) is 31.4 Å². The van der Waals surface area contributed by atoms with Gasteiger partial charge in [-0.05, 0) is 36.8 Å². The lowest BCUT2D eigenvalue weighted by Crippen LogP contribution is -2.19. The Hall–Kier alpha value is -2.83. The van der Waals surface area contributed by atoms with Crippen LogP contribution in [0.4, 0.5) is 18.9 Å². The standard InChI is InChI=1S/C17H14F3NO3/c1-10-7-8-11(16(23)24-2)9-14(10)21-15(22)12-5-3-4-6-13(12)17(18,19)20/h3-9H,1-2H3,(H,21,22). The SMILES string of the molecule is COC(=O)c1ccc(C)c(NC(=O)c2ccccc2C(F)(F)F)c1. The summed E-state index contributed by atoms with van der Waals surface area (Å²) in [5, 5.41) is 2.41. The quantitative estimate of drug-likeness (QED) is 0.860. The van der Waals surface area contributed by atoms with Crippen LogP contribution in [0.25, 0.3) is 0 Å². The van der Waals surface area contributed by atoms with E-state index < -0.39 is 29.2 Å². The van der Waals surface area contributed by atoms with Gasteiger partial charge in [0.05, 0.1) is 23.8 Å². The zero-order valence-electron chi connectivity index (χ0n) is 12.9. The molecule has 0 aliphatic rings. The summed E-state index contributed by atoms with van der Waals surface area (Å²) < 4.78 is 43.6. The molecule has 0 saturated heterocycles. The van der Waals surface area contributed by atoms with E-state index in [-0.39, 0.29) is 11.3 Å². The molecule has 2 aromatic rings. The van der Waals surface area contributed by atoms with Gasteiger partial charge in [0.15, 0.2) is 0 Å². The average molecular weight is 337 g/mol. The molecule has 0 atom stereocenters. The number of hydrogen-bond donors (Lipinski definition) is 1. The fourth-order valence-electron chi connectivity index (χ4n) is 2.12. The number of carbonyl (C=O) groups is 2. The van der Waals surface area contributed by atoms with Gasteiger partial charge in [0, 0.05) is 5.69 Å². The van der Waals surface area contributed by atoms with E-state index in [1.807, 2.05) is 0 Å². The highest BCUT2D eigenvalue weighted by atomic mass is 19.4. The number of rotatable bonds is 3. The van der Waals surface area contributed by atoms with Crippen LogP contribution >= 0.6 is 0 Å². The minimum Gasteiger partial charge on any atom is -0.465 e. The van der Waals surface area contributed by atoms with Crippen molar-refractivity contribution in [2.75, 3.05) is 12.4 Å². The summed E-state index contributed by atoms with van der Waals surface area (Å²) in [5.74, 6) is -1.52. The molecule has 126 valence electrons. The lowest BCUT2D eigenvalue weighted by Gasteiger charge is -2.14. The maximum Gasteiger partial charge on any atom is 0.417 e. The molecule has 0 radical (unpaired) electrons. The molecule has 2 aromatic carbocycles. The number of amides is 1. The molecule has 0 aliphatic carbocycles. The lowest BCUT2D eigenvalue weighted by atomic mass is 10.1.